The first-order valence-corrected chi connectivity index (χ1v) is 12.4. The monoisotopic (exact) mass is 468 g/mol. The number of nitrogens with zero attached hydrogens (tertiary/aromatic N) is 4. The molecule has 3 rings (SSSR count). The van der Waals surface area contributed by atoms with Crippen molar-refractivity contribution in [2.45, 2.75) is 45.7 Å². The van der Waals surface area contributed by atoms with E-state index in [9.17, 15) is 13.2 Å². The molecule has 0 radical (unpaired) electrons. The third kappa shape index (κ3) is 6.93. The summed E-state index contributed by atoms with van der Waals surface area (Å²) in [6.07, 6.45) is -1.38. The third-order valence-corrected chi connectivity index (χ3v) is 7.17. The van der Waals surface area contributed by atoms with Crippen LogP contribution in [0, 0.1) is 0 Å². The van der Waals surface area contributed by atoms with E-state index in [1.807, 2.05) is 24.3 Å². The van der Waals surface area contributed by atoms with Gasteiger partial charge in [0.25, 0.3) is 0 Å². The molecule has 1 aromatic carbocycles. The molecular weight excluding hydrogens is 433 g/mol. The second-order valence-corrected chi connectivity index (χ2v) is 9.72. The van der Waals surface area contributed by atoms with Crippen LogP contribution in [0.25, 0.3) is 0 Å². The molecule has 1 saturated heterocycles. The van der Waals surface area contributed by atoms with Gasteiger partial charge in [-0.2, -0.15) is 13.2 Å². The molecule has 0 amide bonds. The number of hydrogen-bond donors (Lipinski definition) is 0. The summed E-state index contributed by atoms with van der Waals surface area (Å²) in [6.45, 7) is 10.8. The number of unbranched alkanes of at least 4 members (excludes halogenated alkanes) is 1. The number of aromatic nitrogens is 1. The molecule has 0 atom stereocenters. The minimum Gasteiger partial charge on any atom is -0.372 e. The topological polar surface area (TPSA) is 22.6 Å². The molecule has 2 heterocycles. The van der Waals surface area contributed by atoms with Crippen molar-refractivity contribution in [3.8, 4) is 0 Å². The van der Waals surface area contributed by atoms with Gasteiger partial charge in [-0.05, 0) is 38.1 Å². The Balaban J connectivity index is 1.73. The van der Waals surface area contributed by atoms with Gasteiger partial charge in [0.2, 0.25) is 0 Å². The average Bonchev–Trinajstić information content (AvgIpc) is 3.17. The van der Waals surface area contributed by atoms with E-state index in [2.05, 4.69) is 40.6 Å². The van der Waals surface area contributed by atoms with E-state index >= 15 is 0 Å². The smallest absolute Gasteiger partial charge is 0.372 e. The first kappa shape index (κ1) is 25.0. The van der Waals surface area contributed by atoms with Gasteiger partial charge in [-0.25, -0.2) is 4.98 Å². The van der Waals surface area contributed by atoms with Gasteiger partial charge in [0.05, 0.1) is 5.01 Å². The van der Waals surface area contributed by atoms with Crippen molar-refractivity contribution < 1.29 is 13.2 Å². The molecule has 0 N–H and O–H groups in total. The number of anilines is 1. The maximum absolute atomic E-state index is 13.7. The molecular formula is C24H35F3N4S. The maximum atomic E-state index is 13.7. The van der Waals surface area contributed by atoms with Crippen LogP contribution >= 0.6 is 11.3 Å². The fourth-order valence-corrected chi connectivity index (χ4v) is 5.15. The third-order valence-electron chi connectivity index (χ3n) is 6.05. The van der Waals surface area contributed by atoms with Gasteiger partial charge in [0.15, 0.2) is 5.69 Å². The fourth-order valence-electron chi connectivity index (χ4n) is 4.04. The van der Waals surface area contributed by atoms with Gasteiger partial charge >= 0.3 is 6.18 Å². The Morgan fingerprint density at radius 2 is 1.88 bits per heavy atom. The Kier molecular flexibility index (Phi) is 8.96. The zero-order chi connectivity index (χ0) is 23.1. The van der Waals surface area contributed by atoms with Crippen molar-refractivity contribution in [3.63, 3.8) is 0 Å². The van der Waals surface area contributed by atoms with Crippen molar-refractivity contribution in [3.05, 3.63) is 45.4 Å². The van der Waals surface area contributed by atoms with Crippen LogP contribution < -0.4 is 4.90 Å². The molecule has 1 aromatic heterocycles. The highest BCUT2D eigenvalue weighted by Gasteiger charge is 2.37. The molecule has 0 bridgehead atoms. The van der Waals surface area contributed by atoms with Gasteiger partial charge in [0, 0.05) is 69.2 Å². The number of rotatable bonds is 10. The normalized spacial score (nSPS) is 15.9. The predicted molar refractivity (Wildman–Crippen MR) is 127 cm³/mol. The summed E-state index contributed by atoms with van der Waals surface area (Å²) in [5.41, 5.74) is 1.27. The quantitative estimate of drug-likeness (QED) is 0.480. The number of halogens is 3. The number of thiazole rings is 1. The van der Waals surface area contributed by atoms with E-state index in [0.717, 1.165) is 69.9 Å². The molecule has 32 heavy (non-hydrogen) atoms. The minimum absolute atomic E-state index is 0.264. The lowest BCUT2D eigenvalue weighted by atomic mass is 10.1. The van der Waals surface area contributed by atoms with E-state index < -0.39 is 11.9 Å². The zero-order valence-corrected chi connectivity index (χ0v) is 20.2. The van der Waals surface area contributed by atoms with E-state index in [1.54, 1.807) is 0 Å². The molecule has 0 saturated carbocycles. The number of piperazine rings is 1. The van der Waals surface area contributed by atoms with Crippen LogP contribution in [0.2, 0.25) is 0 Å². The Labute approximate surface area is 194 Å². The van der Waals surface area contributed by atoms with Crippen LogP contribution in [-0.4, -0.2) is 67.6 Å². The molecule has 0 spiro atoms. The van der Waals surface area contributed by atoms with Crippen LogP contribution in [-0.2, 0) is 19.0 Å². The standard InChI is InChI=1S/C24H35F3N4S/c1-4-6-11-31(5-2)20-9-7-8-19(17-20)18-21-23(24(25,26)27)28-22(32-21)10-12-30-15-13-29(3)14-16-30/h7-9,17H,4-6,10-16,18H2,1-3H3. The van der Waals surface area contributed by atoms with Crippen LogP contribution in [0.4, 0.5) is 18.9 Å². The molecule has 4 nitrogen and oxygen atoms in total. The number of likely N-dealkylation sites (N-methyl/N-ethyl adjacent to an activating group) is 1. The molecule has 2 aromatic rings. The highest BCUT2D eigenvalue weighted by Crippen LogP contribution is 2.36. The van der Waals surface area contributed by atoms with Crippen LogP contribution in [0.15, 0.2) is 24.3 Å². The highest BCUT2D eigenvalue weighted by molar-refractivity contribution is 7.11. The summed E-state index contributed by atoms with van der Waals surface area (Å²) in [4.78, 5) is 11.2. The van der Waals surface area contributed by atoms with Crippen molar-refractivity contribution in [1.29, 1.82) is 0 Å². The Hall–Kier alpha value is -1.64. The fraction of sp³-hybridized carbons (Fsp3) is 0.625. The Bertz CT molecular complexity index is 844. The van der Waals surface area contributed by atoms with Crippen molar-refractivity contribution >= 4 is 17.0 Å². The van der Waals surface area contributed by atoms with Crippen LogP contribution in [0.1, 0.15) is 47.8 Å². The van der Waals surface area contributed by atoms with E-state index in [4.69, 9.17) is 0 Å². The number of alkyl halides is 3. The van der Waals surface area contributed by atoms with Gasteiger partial charge < -0.3 is 14.7 Å². The van der Waals surface area contributed by atoms with Gasteiger partial charge in [-0.1, -0.05) is 25.5 Å². The Morgan fingerprint density at radius 3 is 2.53 bits per heavy atom. The summed E-state index contributed by atoms with van der Waals surface area (Å²) in [7, 11) is 2.10. The first-order valence-electron chi connectivity index (χ1n) is 11.6. The number of benzene rings is 1. The second kappa shape index (κ2) is 11.5. The summed E-state index contributed by atoms with van der Waals surface area (Å²) in [6, 6.07) is 7.94. The first-order chi connectivity index (χ1) is 15.3. The largest absolute Gasteiger partial charge is 0.434 e. The van der Waals surface area contributed by atoms with E-state index in [-0.39, 0.29) is 6.42 Å². The summed E-state index contributed by atoms with van der Waals surface area (Å²) in [5, 5.41) is 0.584. The predicted octanol–water partition coefficient (Wildman–Crippen LogP) is 5.17. The van der Waals surface area contributed by atoms with Gasteiger partial charge in [0.1, 0.15) is 0 Å². The van der Waals surface area contributed by atoms with Crippen LogP contribution in [0.3, 0.4) is 0 Å². The van der Waals surface area contributed by atoms with E-state index in [0.29, 0.717) is 16.3 Å². The summed E-state index contributed by atoms with van der Waals surface area (Å²) < 4.78 is 41.2. The lowest BCUT2D eigenvalue weighted by Gasteiger charge is -2.32. The Morgan fingerprint density at radius 1 is 1.12 bits per heavy atom. The van der Waals surface area contributed by atoms with Crippen molar-refractivity contribution in [2.24, 2.45) is 0 Å². The lowest BCUT2D eigenvalue weighted by Crippen LogP contribution is -2.45. The number of hydrogen-bond acceptors (Lipinski definition) is 5. The SMILES string of the molecule is CCCCN(CC)c1cccc(Cc2sc(CCN3CCN(C)CC3)nc2C(F)(F)F)c1. The maximum Gasteiger partial charge on any atom is 0.434 e. The minimum atomic E-state index is -4.42. The van der Waals surface area contributed by atoms with Gasteiger partial charge in [-0.3, -0.25) is 0 Å². The summed E-state index contributed by atoms with van der Waals surface area (Å²) in [5.74, 6) is 0. The van der Waals surface area contributed by atoms with Gasteiger partial charge in [-0.15, -0.1) is 11.3 Å². The molecule has 0 aliphatic carbocycles. The lowest BCUT2D eigenvalue weighted by molar-refractivity contribution is -0.141. The van der Waals surface area contributed by atoms with Crippen molar-refractivity contribution in [2.75, 3.05) is 57.8 Å². The highest BCUT2D eigenvalue weighted by atomic mass is 32.1. The van der Waals surface area contributed by atoms with Crippen LogP contribution in [0.5, 0.6) is 0 Å². The molecule has 1 fully saturated rings. The summed E-state index contributed by atoms with van der Waals surface area (Å²) >= 11 is 1.22. The molecule has 0 unspecified atom stereocenters. The molecule has 8 heteroatoms. The van der Waals surface area contributed by atoms with Crippen molar-refractivity contribution in [1.82, 2.24) is 14.8 Å². The molecule has 1 aliphatic rings. The zero-order valence-electron chi connectivity index (χ0n) is 19.4. The second-order valence-electron chi connectivity index (χ2n) is 8.55. The average molecular weight is 469 g/mol. The molecule has 178 valence electrons. The molecule has 1 aliphatic heterocycles. The van der Waals surface area contributed by atoms with E-state index in [1.165, 1.54) is 11.3 Å².